The van der Waals surface area contributed by atoms with Gasteiger partial charge in [0.25, 0.3) is 0 Å². The smallest absolute Gasteiger partial charge is 0.317 e. The van der Waals surface area contributed by atoms with E-state index in [2.05, 4.69) is 15.3 Å². The molecule has 0 bridgehead atoms. The van der Waals surface area contributed by atoms with Gasteiger partial charge in [-0.15, -0.1) is 0 Å². The lowest BCUT2D eigenvalue weighted by Gasteiger charge is -2.31. The summed E-state index contributed by atoms with van der Waals surface area (Å²) in [5.41, 5.74) is 1.13. The molecule has 2 amide bonds. The van der Waals surface area contributed by atoms with E-state index in [0.29, 0.717) is 19.7 Å². The van der Waals surface area contributed by atoms with Crippen molar-refractivity contribution in [3.05, 3.63) is 18.0 Å². The van der Waals surface area contributed by atoms with Gasteiger partial charge >= 0.3 is 6.03 Å². The monoisotopic (exact) mass is 351 g/mol. The highest BCUT2D eigenvalue weighted by molar-refractivity contribution is 5.74. The zero-order valence-electron chi connectivity index (χ0n) is 15.0. The summed E-state index contributed by atoms with van der Waals surface area (Å²) in [6.07, 6.45) is 5.57. The summed E-state index contributed by atoms with van der Waals surface area (Å²) < 4.78 is 13.1. The number of carbonyl (C=O) groups is 1. The van der Waals surface area contributed by atoms with E-state index in [1.807, 2.05) is 24.3 Å². The van der Waals surface area contributed by atoms with Gasteiger partial charge in [0.15, 0.2) is 0 Å². The molecule has 0 saturated carbocycles. The number of carbonyl (C=O) groups excluding carboxylic acids is 1. The van der Waals surface area contributed by atoms with E-state index in [0.717, 1.165) is 57.8 Å². The van der Waals surface area contributed by atoms with Gasteiger partial charge in [0.2, 0.25) is 0 Å². The SMILES string of the molecule is Cn1cc(CCNC(=O)N2CCCO[C@@H](CN3CCOCC3)C2)cn1. The van der Waals surface area contributed by atoms with E-state index in [9.17, 15) is 4.79 Å². The van der Waals surface area contributed by atoms with Crippen LogP contribution in [-0.2, 0) is 22.9 Å². The molecular weight excluding hydrogens is 322 g/mol. The van der Waals surface area contributed by atoms with Crippen LogP contribution in [0.4, 0.5) is 4.79 Å². The largest absolute Gasteiger partial charge is 0.379 e. The summed E-state index contributed by atoms with van der Waals surface area (Å²) >= 11 is 0. The molecule has 140 valence electrons. The minimum Gasteiger partial charge on any atom is -0.379 e. The fourth-order valence-electron chi connectivity index (χ4n) is 3.29. The van der Waals surface area contributed by atoms with Crippen LogP contribution in [-0.4, -0.2) is 90.8 Å². The fourth-order valence-corrected chi connectivity index (χ4v) is 3.29. The van der Waals surface area contributed by atoms with E-state index >= 15 is 0 Å². The van der Waals surface area contributed by atoms with Gasteiger partial charge in [-0.25, -0.2) is 4.79 Å². The van der Waals surface area contributed by atoms with Crippen molar-refractivity contribution < 1.29 is 14.3 Å². The van der Waals surface area contributed by atoms with Crippen LogP contribution < -0.4 is 5.32 Å². The first-order valence-electron chi connectivity index (χ1n) is 9.13. The Kier molecular flexibility index (Phi) is 6.66. The second kappa shape index (κ2) is 9.17. The first-order chi connectivity index (χ1) is 12.2. The minimum absolute atomic E-state index is 0.00127. The predicted molar refractivity (Wildman–Crippen MR) is 93.5 cm³/mol. The van der Waals surface area contributed by atoms with E-state index in [1.54, 1.807) is 4.68 Å². The van der Waals surface area contributed by atoms with Gasteiger partial charge in [0, 0.05) is 59.1 Å². The van der Waals surface area contributed by atoms with Gasteiger partial charge in [-0.05, 0) is 18.4 Å². The van der Waals surface area contributed by atoms with Gasteiger partial charge < -0.3 is 19.7 Å². The van der Waals surface area contributed by atoms with E-state index in [4.69, 9.17) is 9.47 Å². The molecular formula is C17H29N5O3. The molecule has 2 fully saturated rings. The second-order valence-electron chi connectivity index (χ2n) is 6.71. The van der Waals surface area contributed by atoms with Crippen LogP contribution in [0.25, 0.3) is 0 Å². The third kappa shape index (κ3) is 5.69. The van der Waals surface area contributed by atoms with Crippen molar-refractivity contribution in [3.63, 3.8) is 0 Å². The lowest BCUT2D eigenvalue weighted by molar-refractivity contribution is -0.0101. The first-order valence-corrected chi connectivity index (χ1v) is 9.13. The van der Waals surface area contributed by atoms with Crippen LogP contribution >= 0.6 is 0 Å². The molecule has 1 aromatic rings. The van der Waals surface area contributed by atoms with Gasteiger partial charge in [-0.3, -0.25) is 9.58 Å². The number of morpholine rings is 1. The maximum Gasteiger partial charge on any atom is 0.317 e. The van der Waals surface area contributed by atoms with Crippen molar-refractivity contribution in [1.82, 2.24) is 24.9 Å². The Morgan fingerprint density at radius 1 is 1.32 bits per heavy atom. The number of aryl methyl sites for hydroxylation is 1. The van der Waals surface area contributed by atoms with Crippen LogP contribution in [0.1, 0.15) is 12.0 Å². The molecule has 0 aromatic carbocycles. The molecule has 1 atom stereocenters. The summed E-state index contributed by atoms with van der Waals surface area (Å²) in [6, 6.07) is 0.00127. The number of nitrogens with zero attached hydrogens (tertiary/aromatic N) is 4. The van der Waals surface area contributed by atoms with Crippen molar-refractivity contribution in [2.75, 3.05) is 59.1 Å². The molecule has 2 aliphatic heterocycles. The van der Waals surface area contributed by atoms with Crippen LogP contribution in [0.5, 0.6) is 0 Å². The number of hydrogen-bond donors (Lipinski definition) is 1. The van der Waals surface area contributed by atoms with Crippen LogP contribution in [0.15, 0.2) is 12.4 Å². The lowest BCUT2D eigenvalue weighted by atomic mass is 10.2. The quantitative estimate of drug-likeness (QED) is 0.814. The predicted octanol–water partition coefficient (Wildman–Crippen LogP) is 0.0953. The minimum atomic E-state index is 0.00127. The first kappa shape index (κ1) is 18.2. The van der Waals surface area contributed by atoms with Crippen LogP contribution in [0.2, 0.25) is 0 Å². The molecule has 0 aliphatic carbocycles. The fraction of sp³-hybridized carbons (Fsp3) is 0.765. The molecule has 0 radical (unpaired) electrons. The summed E-state index contributed by atoms with van der Waals surface area (Å²) in [5.74, 6) is 0. The van der Waals surface area contributed by atoms with Crippen LogP contribution in [0.3, 0.4) is 0 Å². The molecule has 25 heavy (non-hydrogen) atoms. The molecule has 3 heterocycles. The second-order valence-corrected chi connectivity index (χ2v) is 6.71. The highest BCUT2D eigenvalue weighted by Gasteiger charge is 2.24. The summed E-state index contributed by atoms with van der Waals surface area (Å²) in [7, 11) is 1.90. The molecule has 3 rings (SSSR count). The maximum absolute atomic E-state index is 12.5. The molecule has 0 spiro atoms. The Hall–Kier alpha value is -1.64. The zero-order valence-corrected chi connectivity index (χ0v) is 15.0. The Bertz CT molecular complexity index is 544. The molecule has 1 N–H and O–H groups in total. The number of nitrogens with one attached hydrogen (secondary N) is 1. The Morgan fingerprint density at radius 2 is 2.16 bits per heavy atom. The molecule has 8 heteroatoms. The standard InChI is InChI=1S/C17H29N5O3/c1-20-12-15(11-19-20)3-4-18-17(23)22-5-2-8-25-16(14-22)13-21-6-9-24-10-7-21/h11-12,16H,2-10,13-14H2,1H3,(H,18,23)/t16-/m0/s1. The topological polar surface area (TPSA) is 71.9 Å². The van der Waals surface area contributed by atoms with Gasteiger partial charge in [-0.2, -0.15) is 5.10 Å². The van der Waals surface area contributed by atoms with Crippen molar-refractivity contribution >= 4 is 6.03 Å². The molecule has 2 saturated heterocycles. The van der Waals surface area contributed by atoms with E-state index in [-0.39, 0.29) is 12.1 Å². The summed E-state index contributed by atoms with van der Waals surface area (Å²) in [6.45, 7) is 7.05. The number of aromatic nitrogens is 2. The average molecular weight is 351 g/mol. The molecule has 8 nitrogen and oxygen atoms in total. The Balaban J connectivity index is 1.43. The lowest BCUT2D eigenvalue weighted by Crippen LogP contribution is -2.48. The number of hydrogen-bond acceptors (Lipinski definition) is 5. The highest BCUT2D eigenvalue weighted by Crippen LogP contribution is 2.09. The summed E-state index contributed by atoms with van der Waals surface area (Å²) in [4.78, 5) is 16.7. The number of ether oxygens (including phenoxy) is 2. The van der Waals surface area contributed by atoms with E-state index in [1.165, 1.54) is 0 Å². The van der Waals surface area contributed by atoms with Crippen molar-refractivity contribution in [1.29, 1.82) is 0 Å². The number of urea groups is 1. The summed E-state index contributed by atoms with van der Waals surface area (Å²) in [5, 5.41) is 7.17. The van der Waals surface area contributed by atoms with Gasteiger partial charge in [0.05, 0.1) is 25.5 Å². The number of amides is 2. The van der Waals surface area contributed by atoms with Crippen molar-refractivity contribution in [2.45, 2.75) is 18.9 Å². The Morgan fingerprint density at radius 3 is 2.92 bits per heavy atom. The van der Waals surface area contributed by atoms with Crippen molar-refractivity contribution in [3.8, 4) is 0 Å². The van der Waals surface area contributed by atoms with Crippen molar-refractivity contribution in [2.24, 2.45) is 7.05 Å². The normalized spacial score (nSPS) is 22.6. The van der Waals surface area contributed by atoms with E-state index < -0.39 is 0 Å². The third-order valence-electron chi connectivity index (χ3n) is 4.65. The zero-order chi connectivity index (χ0) is 17.5. The highest BCUT2D eigenvalue weighted by atomic mass is 16.5. The molecule has 2 aliphatic rings. The van der Waals surface area contributed by atoms with Crippen LogP contribution in [0, 0.1) is 0 Å². The molecule has 1 aromatic heterocycles. The number of rotatable bonds is 5. The maximum atomic E-state index is 12.5. The third-order valence-corrected chi connectivity index (χ3v) is 4.65. The average Bonchev–Trinajstić information content (AvgIpc) is 2.89. The van der Waals surface area contributed by atoms with Gasteiger partial charge in [0.1, 0.15) is 0 Å². The molecule has 0 unspecified atom stereocenters. The Labute approximate surface area is 149 Å². The van der Waals surface area contributed by atoms with Gasteiger partial charge in [-0.1, -0.05) is 0 Å².